The average Bonchev–Trinajstić information content (AvgIpc) is 2.46. The molecule has 0 radical (unpaired) electrons. The third-order valence-corrected chi connectivity index (χ3v) is 3.93. The highest BCUT2D eigenvalue weighted by Crippen LogP contribution is 2.18. The summed E-state index contributed by atoms with van der Waals surface area (Å²) in [5, 5.41) is 3.36. The van der Waals surface area contributed by atoms with Crippen LogP contribution in [0.4, 0.5) is 0 Å². The highest BCUT2D eigenvalue weighted by Gasteiger charge is 2.30. The largest absolute Gasteiger partial charge is 0.375 e. The molecule has 1 aromatic rings. The lowest BCUT2D eigenvalue weighted by Gasteiger charge is -2.35. The van der Waals surface area contributed by atoms with E-state index in [4.69, 9.17) is 4.74 Å². The normalized spacial score (nSPS) is 26.9. The lowest BCUT2D eigenvalue weighted by atomic mass is 9.95. The topological polar surface area (TPSA) is 41.6 Å². The molecule has 4 nitrogen and oxygen atoms in total. The van der Waals surface area contributed by atoms with Gasteiger partial charge in [0.1, 0.15) is 0 Å². The Morgan fingerprint density at radius 3 is 2.95 bits per heavy atom. The van der Waals surface area contributed by atoms with Gasteiger partial charge in [0.2, 0.25) is 5.91 Å². The second kappa shape index (κ2) is 5.31. The summed E-state index contributed by atoms with van der Waals surface area (Å²) in [4.78, 5) is 14.4. The van der Waals surface area contributed by atoms with Crippen molar-refractivity contribution in [2.75, 3.05) is 19.7 Å². The van der Waals surface area contributed by atoms with Crippen molar-refractivity contribution >= 4 is 5.91 Å². The Morgan fingerprint density at radius 2 is 2.16 bits per heavy atom. The first-order valence-electron chi connectivity index (χ1n) is 6.94. The molecule has 3 rings (SSSR count). The van der Waals surface area contributed by atoms with Crippen molar-refractivity contribution in [2.45, 2.75) is 32.0 Å². The van der Waals surface area contributed by atoms with Crippen molar-refractivity contribution in [3.8, 4) is 0 Å². The molecular weight excluding hydrogens is 240 g/mol. The Bertz CT molecular complexity index is 475. The van der Waals surface area contributed by atoms with E-state index in [9.17, 15) is 4.79 Å². The van der Waals surface area contributed by atoms with Crippen LogP contribution in [0.5, 0.6) is 0 Å². The van der Waals surface area contributed by atoms with Gasteiger partial charge in [-0.1, -0.05) is 24.3 Å². The van der Waals surface area contributed by atoms with Gasteiger partial charge in [-0.3, -0.25) is 4.79 Å². The number of fused-ring (bicyclic) bond motifs is 1. The molecule has 2 atom stereocenters. The van der Waals surface area contributed by atoms with Crippen molar-refractivity contribution in [3.63, 3.8) is 0 Å². The van der Waals surface area contributed by atoms with Crippen LogP contribution < -0.4 is 5.32 Å². The van der Waals surface area contributed by atoms with Gasteiger partial charge in [0.15, 0.2) is 0 Å². The van der Waals surface area contributed by atoms with Crippen LogP contribution in [-0.4, -0.2) is 42.6 Å². The van der Waals surface area contributed by atoms with Crippen molar-refractivity contribution < 1.29 is 9.53 Å². The van der Waals surface area contributed by atoms with E-state index in [2.05, 4.69) is 17.4 Å². The number of hydrogen-bond donors (Lipinski definition) is 1. The van der Waals surface area contributed by atoms with Gasteiger partial charge in [-0.05, 0) is 24.5 Å². The molecule has 102 valence electrons. The molecular formula is C15H20N2O2. The van der Waals surface area contributed by atoms with Gasteiger partial charge in [-0.15, -0.1) is 0 Å². The summed E-state index contributed by atoms with van der Waals surface area (Å²) in [5.74, 6) is 0.213. The van der Waals surface area contributed by atoms with Crippen molar-refractivity contribution in [3.05, 3.63) is 35.4 Å². The predicted molar refractivity (Wildman–Crippen MR) is 72.8 cm³/mol. The maximum atomic E-state index is 12.5. The van der Waals surface area contributed by atoms with E-state index < -0.39 is 0 Å². The smallest absolute Gasteiger partial charge is 0.240 e. The SMILES string of the molecule is C[C@@H]1CN(C(=O)[C@@H]2Cc3ccccc3CN2)CCO1. The number of ether oxygens (including phenoxy) is 1. The molecule has 1 saturated heterocycles. The first-order chi connectivity index (χ1) is 9.24. The summed E-state index contributed by atoms with van der Waals surface area (Å²) in [6.45, 7) is 4.87. The van der Waals surface area contributed by atoms with Crippen LogP contribution in [-0.2, 0) is 22.5 Å². The number of carbonyl (C=O) groups is 1. The minimum absolute atomic E-state index is 0.0831. The molecule has 1 N–H and O–H groups in total. The fraction of sp³-hybridized carbons (Fsp3) is 0.533. The van der Waals surface area contributed by atoms with Gasteiger partial charge in [0.05, 0.1) is 18.8 Å². The van der Waals surface area contributed by atoms with Crippen LogP contribution in [0.2, 0.25) is 0 Å². The zero-order valence-electron chi connectivity index (χ0n) is 11.3. The number of hydrogen-bond acceptors (Lipinski definition) is 3. The van der Waals surface area contributed by atoms with E-state index in [0.717, 1.165) is 13.0 Å². The van der Waals surface area contributed by atoms with E-state index in [1.165, 1.54) is 11.1 Å². The van der Waals surface area contributed by atoms with Crippen LogP contribution in [0, 0.1) is 0 Å². The van der Waals surface area contributed by atoms with Gasteiger partial charge in [0.25, 0.3) is 0 Å². The molecule has 19 heavy (non-hydrogen) atoms. The maximum absolute atomic E-state index is 12.5. The molecule has 0 saturated carbocycles. The first kappa shape index (κ1) is 12.6. The summed E-state index contributed by atoms with van der Waals surface area (Å²) >= 11 is 0. The van der Waals surface area contributed by atoms with Crippen LogP contribution in [0.3, 0.4) is 0 Å². The highest BCUT2D eigenvalue weighted by molar-refractivity contribution is 5.82. The summed E-state index contributed by atoms with van der Waals surface area (Å²) < 4.78 is 5.49. The van der Waals surface area contributed by atoms with Crippen molar-refractivity contribution in [2.24, 2.45) is 0 Å². The molecule has 1 amide bonds. The fourth-order valence-corrected chi connectivity index (χ4v) is 2.87. The Kier molecular flexibility index (Phi) is 3.53. The number of nitrogens with zero attached hydrogens (tertiary/aromatic N) is 1. The molecule has 2 aliphatic heterocycles. The number of benzene rings is 1. The molecule has 0 spiro atoms. The zero-order chi connectivity index (χ0) is 13.2. The van der Waals surface area contributed by atoms with E-state index >= 15 is 0 Å². The Hall–Kier alpha value is -1.39. The number of amides is 1. The molecule has 2 aliphatic rings. The molecule has 0 aromatic heterocycles. The van der Waals surface area contributed by atoms with E-state index in [0.29, 0.717) is 19.7 Å². The minimum atomic E-state index is -0.0831. The molecule has 0 aliphatic carbocycles. The second-order valence-electron chi connectivity index (χ2n) is 5.37. The van der Waals surface area contributed by atoms with E-state index in [-0.39, 0.29) is 18.1 Å². The Balaban J connectivity index is 1.69. The number of morpholine rings is 1. The van der Waals surface area contributed by atoms with Gasteiger partial charge in [-0.25, -0.2) is 0 Å². The van der Waals surface area contributed by atoms with Gasteiger partial charge in [-0.2, -0.15) is 0 Å². The molecule has 1 fully saturated rings. The molecule has 4 heteroatoms. The predicted octanol–water partition coefficient (Wildman–Crippen LogP) is 0.948. The summed E-state index contributed by atoms with van der Waals surface area (Å²) in [7, 11) is 0. The third-order valence-electron chi connectivity index (χ3n) is 3.93. The second-order valence-corrected chi connectivity index (χ2v) is 5.37. The molecule has 1 aromatic carbocycles. The average molecular weight is 260 g/mol. The van der Waals surface area contributed by atoms with Crippen molar-refractivity contribution in [1.82, 2.24) is 10.2 Å². The summed E-state index contributed by atoms with van der Waals surface area (Å²) in [6, 6.07) is 8.26. The van der Waals surface area contributed by atoms with E-state index in [1.807, 2.05) is 24.0 Å². The molecule has 0 bridgehead atoms. The molecule has 0 unspecified atom stereocenters. The maximum Gasteiger partial charge on any atom is 0.240 e. The fourth-order valence-electron chi connectivity index (χ4n) is 2.87. The minimum Gasteiger partial charge on any atom is -0.375 e. The van der Waals surface area contributed by atoms with Crippen LogP contribution in [0.15, 0.2) is 24.3 Å². The van der Waals surface area contributed by atoms with Crippen LogP contribution >= 0.6 is 0 Å². The summed E-state index contributed by atoms with van der Waals surface area (Å²) in [5.41, 5.74) is 2.60. The Labute approximate surface area is 113 Å². The van der Waals surface area contributed by atoms with Gasteiger partial charge < -0.3 is 15.0 Å². The summed E-state index contributed by atoms with van der Waals surface area (Å²) in [6.07, 6.45) is 0.939. The number of rotatable bonds is 1. The monoisotopic (exact) mass is 260 g/mol. The lowest BCUT2D eigenvalue weighted by molar-refractivity contribution is -0.140. The van der Waals surface area contributed by atoms with Crippen LogP contribution in [0.25, 0.3) is 0 Å². The van der Waals surface area contributed by atoms with Crippen LogP contribution in [0.1, 0.15) is 18.1 Å². The standard InChI is InChI=1S/C15H20N2O2/c1-11-10-17(6-7-19-11)15(18)14-8-12-4-2-3-5-13(12)9-16-14/h2-5,11,14,16H,6-10H2,1H3/t11-,14+/m1/s1. The lowest BCUT2D eigenvalue weighted by Crippen LogP contribution is -2.53. The molecule has 2 heterocycles. The van der Waals surface area contributed by atoms with E-state index in [1.54, 1.807) is 0 Å². The highest BCUT2D eigenvalue weighted by atomic mass is 16.5. The van der Waals surface area contributed by atoms with Gasteiger partial charge in [0, 0.05) is 19.6 Å². The quantitative estimate of drug-likeness (QED) is 0.817. The first-order valence-corrected chi connectivity index (χ1v) is 6.94. The number of carbonyl (C=O) groups excluding carboxylic acids is 1. The third kappa shape index (κ3) is 2.65. The van der Waals surface area contributed by atoms with Crippen molar-refractivity contribution in [1.29, 1.82) is 0 Å². The zero-order valence-corrected chi connectivity index (χ0v) is 11.3. The van der Waals surface area contributed by atoms with Gasteiger partial charge >= 0.3 is 0 Å². The Morgan fingerprint density at radius 1 is 1.37 bits per heavy atom. The number of nitrogens with one attached hydrogen (secondary N) is 1.